The first-order chi connectivity index (χ1) is 5.27. The van der Waals surface area contributed by atoms with Crippen molar-refractivity contribution >= 4 is 5.97 Å². The summed E-state index contributed by atoms with van der Waals surface area (Å²) in [6.45, 7) is 2.42. The number of carboxylic acid groups (broad SMARTS) is 1. The van der Waals surface area contributed by atoms with Crippen molar-refractivity contribution in [3.63, 3.8) is 0 Å². The molecule has 0 amide bonds. The van der Waals surface area contributed by atoms with E-state index < -0.39 is 5.97 Å². The van der Waals surface area contributed by atoms with Crippen LogP contribution in [0.1, 0.15) is 12.8 Å². The molecule has 0 saturated heterocycles. The molecule has 3 N–H and O–H groups in total. The third-order valence-electron chi connectivity index (χ3n) is 1.30. The summed E-state index contributed by atoms with van der Waals surface area (Å²) in [5.41, 5.74) is 0. The van der Waals surface area contributed by atoms with E-state index in [1.807, 2.05) is 7.05 Å². The zero-order valence-electron chi connectivity index (χ0n) is 6.89. The molecule has 4 nitrogen and oxygen atoms in total. The molecule has 0 aliphatic carbocycles. The van der Waals surface area contributed by atoms with Crippen LogP contribution in [0.5, 0.6) is 0 Å². The topological polar surface area (TPSA) is 61.4 Å². The van der Waals surface area contributed by atoms with Gasteiger partial charge in [-0.1, -0.05) is 0 Å². The third-order valence-corrected chi connectivity index (χ3v) is 1.30. The first-order valence-electron chi connectivity index (χ1n) is 3.84. The lowest BCUT2D eigenvalue weighted by molar-refractivity contribution is -0.136. The van der Waals surface area contributed by atoms with Gasteiger partial charge in [0.2, 0.25) is 0 Å². The van der Waals surface area contributed by atoms with Crippen LogP contribution in [0.25, 0.3) is 0 Å². The first kappa shape index (κ1) is 10.4. The Morgan fingerprint density at radius 3 is 2.64 bits per heavy atom. The fourth-order valence-electron chi connectivity index (χ4n) is 0.710. The summed E-state index contributed by atoms with van der Waals surface area (Å²) < 4.78 is 0. The van der Waals surface area contributed by atoms with Gasteiger partial charge < -0.3 is 15.7 Å². The highest BCUT2D eigenvalue weighted by atomic mass is 16.4. The summed E-state index contributed by atoms with van der Waals surface area (Å²) >= 11 is 0. The third kappa shape index (κ3) is 9.39. The summed E-state index contributed by atoms with van der Waals surface area (Å²) in [7, 11) is 1.90. The van der Waals surface area contributed by atoms with Gasteiger partial charge in [-0.3, -0.25) is 4.79 Å². The van der Waals surface area contributed by atoms with Gasteiger partial charge in [0.1, 0.15) is 0 Å². The first-order valence-corrected chi connectivity index (χ1v) is 3.84. The van der Waals surface area contributed by atoms with Gasteiger partial charge in [0.25, 0.3) is 0 Å². The molecule has 0 aliphatic heterocycles. The van der Waals surface area contributed by atoms with E-state index in [-0.39, 0.29) is 6.42 Å². The van der Waals surface area contributed by atoms with Crippen molar-refractivity contribution in [2.24, 2.45) is 0 Å². The zero-order chi connectivity index (χ0) is 8.53. The Kier molecular flexibility index (Phi) is 7.08. The van der Waals surface area contributed by atoms with Gasteiger partial charge in [0, 0.05) is 6.54 Å². The summed E-state index contributed by atoms with van der Waals surface area (Å²) in [6.07, 6.45) is 1.25. The normalized spacial score (nSPS) is 9.91. The highest BCUT2D eigenvalue weighted by Crippen LogP contribution is 1.76. The van der Waals surface area contributed by atoms with Gasteiger partial charge in [-0.15, -0.1) is 0 Å². The molecular formula is C7H16N2O2. The minimum absolute atomic E-state index is 0.208. The van der Waals surface area contributed by atoms with Crippen LogP contribution >= 0.6 is 0 Å². The van der Waals surface area contributed by atoms with E-state index in [2.05, 4.69) is 10.6 Å². The Bertz CT molecular complexity index is 107. The molecular weight excluding hydrogens is 144 g/mol. The molecule has 0 heterocycles. The lowest BCUT2D eigenvalue weighted by Gasteiger charge is -2.01. The second-order valence-corrected chi connectivity index (χ2v) is 2.35. The number of aliphatic carboxylic acids is 1. The molecule has 0 spiro atoms. The predicted molar refractivity (Wildman–Crippen MR) is 43.7 cm³/mol. The lowest BCUT2D eigenvalue weighted by atomic mass is 10.4. The summed E-state index contributed by atoms with van der Waals surface area (Å²) in [6, 6.07) is 0. The maximum absolute atomic E-state index is 10.0. The highest BCUT2D eigenvalue weighted by Gasteiger charge is 1.93. The van der Waals surface area contributed by atoms with Crippen LogP contribution in [0.2, 0.25) is 0 Å². The fourth-order valence-corrected chi connectivity index (χ4v) is 0.710. The number of carbonyl (C=O) groups is 1. The molecule has 0 bridgehead atoms. The molecule has 0 saturated carbocycles. The largest absolute Gasteiger partial charge is 0.481 e. The van der Waals surface area contributed by atoms with Gasteiger partial charge in [-0.05, 0) is 26.6 Å². The summed E-state index contributed by atoms with van der Waals surface area (Å²) in [5.74, 6) is -0.744. The van der Waals surface area contributed by atoms with E-state index in [0.29, 0.717) is 6.54 Å². The quantitative estimate of drug-likeness (QED) is 0.446. The van der Waals surface area contributed by atoms with Crippen LogP contribution in [0.3, 0.4) is 0 Å². The average molecular weight is 160 g/mol. The maximum atomic E-state index is 10.0. The Hall–Kier alpha value is -0.610. The summed E-state index contributed by atoms with van der Waals surface area (Å²) in [5, 5.41) is 14.3. The van der Waals surface area contributed by atoms with E-state index >= 15 is 0 Å². The van der Waals surface area contributed by atoms with Crippen molar-refractivity contribution in [2.45, 2.75) is 12.8 Å². The van der Waals surface area contributed by atoms with Gasteiger partial charge in [0.05, 0.1) is 6.42 Å². The molecule has 0 rings (SSSR count). The number of carboxylic acids is 1. The molecule has 0 aromatic heterocycles. The van der Waals surface area contributed by atoms with Crippen molar-refractivity contribution in [2.75, 3.05) is 26.7 Å². The van der Waals surface area contributed by atoms with Crippen LogP contribution in [-0.2, 0) is 4.79 Å². The van der Waals surface area contributed by atoms with Gasteiger partial charge in [-0.2, -0.15) is 0 Å². The van der Waals surface area contributed by atoms with Crippen LogP contribution in [0, 0.1) is 0 Å². The number of hydrogen-bond donors (Lipinski definition) is 3. The van der Waals surface area contributed by atoms with E-state index in [1.54, 1.807) is 0 Å². The van der Waals surface area contributed by atoms with Gasteiger partial charge in [0.15, 0.2) is 0 Å². The van der Waals surface area contributed by atoms with Crippen LogP contribution in [-0.4, -0.2) is 37.8 Å². The van der Waals surface area contributed by atoms with Crippen LogP contribution in [0.15, 0.2) is 0 Å². The van der Waals surface area contributed by atoms with Gasteiger partial charge in [-0.25, -0.2) is 0 Å². The highest BCUT2D eigenvalue weighted by molar-refractivity contribution is 5.66. The van der Waals surface area contributed by atoms with E-state index in [0.717, 1.165) is 19.5 Å². The molecule has 0 unspecified atom stereocenters. The Morgan fingerprint density at radius 1 is 1.36 bits per heavy atom. The van der Waals surface area contributed by atoms with Crippen molar-refractivity contribution in [1.29, 1.82) is 0 Å². The van der Waals surface area contributed by atoms with E-state index in [9.17, 15) is 4.79 Å². The molecule has 0 aromatic rings. The molecule has 0 atom stereocenters. The number of rotatable bonds is 7. The second-order valence-electron chi connectivity index (χ2n) is 2.35. The van der Waals surface area contributed by atoms with E-state index in [1.165, 1.54) is 0 Å². The smallest absolute Gasteiger partial charge is 0.304 e. The van der Waals surface area contributed by atoms with Gasteiger partial charge >= 0.3 is 5.97 Å². The molecule has 0 fully saturated rings. The fraction of sp³-hybridized carbons (Fsp3) is 0.857. The average Bonchev–Trinajstić information content (AvgIpc) is 1.96. The van der Waals surface area contributed by atoms with Crippen molar-refractivity contribution in [3.8, 4) is 0 Å². The number of nitrogens with one attached hydrogen (secondary N) is 2. The molecule has 0 aliphatic rings. The number of hydrogen-bond acceptors (Lipinski definition) is 3. The molecule has 4 heteroatoms. The van der Waals surface area contributed by atoms with Crippen molar-refractivity contribution in [1.82, 2.24) is 10.6 Å². The standard InChI is InChI=1S/C7H16N2O2/c1-8-4-2-5-9-6-3-7(10)11/h8-9H,2-6H2,1H3,(H,10,11). The Balaban J connectivity index is 2.85. The van der Waals surface area contributed by atoms with Crippen molar-refractivity contribution in [3.05, 3.63) is 0 Å². The second kappa shape index (κ2) is 7.50. The zero-order valence-corrected chi connectivity index (χ0v) is 6.89. The van der Waals surface area contributed by atoms with Crippen molar-refractivity contribution < 1.29 is 9.90 Å². The Labute approximate surface area is 67.0 Å². The molecule has 0 radical (unpaired) electrons. The van der Waals surface area contributed by atoms with Crippen LogP contribution in [0.4, 0.5) is 0 Å². The Morgan fingerprint density at radius 2 is 2.09 bits per heavy atom. The molecule has 66 valence electrons. The molecule has 0 aromatic carbocycles. The van der Waals surface area contributed by atoms with E-state index in [4.69, 9.17) is 5.11 Å². The SMILES string of the molecule is CNCCCNCCC(=O)O. The monoisotopic (exact) mass is 160 g/mol. The lowest BCUT2D eigenvalue weighted by Crippen LogP contribution is -2.22. The predicted octanol–water partition coefficient (Wildman–Crippen LogP) is -0.340. The maximum Gasteiger partial charge on any atom is 0.304 e. The minimum Gasteiger partial charge on any atom is -0.481 e. The minimum atomic E-state index is -0.744. The van der Waals surface area contributed by atoms with Crippen LogP contribution < -0.4 is 10.6 Å². The molecule has 11 heavy (non-hydrogen) atoms. The summed E-state index contributed by atoms with van der Waals surface area (Å²) in [4.78, 5) is 10.0.